The number of anilines is 1. The van der Waals surface area contributed by atoms with Crippen molar-refractivity contribution in [3.8, 4) is 11.5 Å². The van der Waals surface area contributed by atoms with Gasteiger partial charge in [0.1, 0.15) is 11.5 Å². The second kappa shape index (κ2) is 12.9. The number of carboxylic acids is 1. The summed E-state index contributed by atoms with van der Waals surface area (Å²) >= 11 is 5.99. The number of carboxylic acid groups (broad SMARTS) is 1. The average molecular weight is 531 g/mol. The molecule has 0 radical (unpaired) electrons. The van der Waals surface area contributed by atoms with Crippen LogP contribution in [0.4, 0.5) is 5.69 Å². The van der Waals surface area contributed by atoms with E-state index in [2.05, 4.69) is 10.6 Å². The van der Waals surface area contributed by atoms with Crippen molar-refractivity contribution in [3.63, 3.8) is 0 Å². The number of amides is 1. The predicted octanol–water partition coefficient (Wildman–Crippen LogP) is 5.95. The van der Waals surface area contributed by atoms with Gasteiger partial charge in [0.25, 0.3) is 5.91 Å². The molecule has 0 fully saturated rings. The molecule has 0 saturated heterocycles. The van der Waals surface area contributed by atoms with Crippen LogP contribution in [-0.4, -0.2) is 35.2 Å². The van der Waals surface area contributed by atoms with Crippen molar-refractivity contribution in [1.82, 2.24) is 5.32 Å². The van der Waals surface area contributed by atoms with E-state index in [-0.39, 0.29) is 17.2 Å². The summed E-state index contributed by atoms with van der Waals surface area (Å²) in [6.07, 6.45) is 0.0222. The Balaban J connectivity index is 1.38. The number of aliphatic hydroxyl groups excluding tert-OH is 1. The van der Waals surface area contributed by atoms with Crippen LogP contribution in [0.25, 0.3) is 0 Å². The number of nitrogens with one attached hydrogen (secondary N) is 2. The molecule has 0 saturated carbocycles. The van der Waals surface area contributed by atoms with Crippen LogP contribution in [0.3, 0.4) is 0 Å². The number of halogens is 1. The molecule has 0 unspecified atom stereocenters. The standard InChI is InChI=1S/C30H27ClN2O5/c31-24-10-5-9-22(15-24)28(34)19-32-13-12-20-6-4-11-26(14-20)38-27-17-23(30(36)37)16-25(18-27)33-29(35)21-7-2-1-3-8-21/h1-11,14-18,28,32,34H,12-13,19H2,(H,33,35)(H,36,37)/t28-/m0/s1. The minimum atomic E-state index is -1.13. The molecule has 0 aromatic heterocycles. The van der Waals surface area contributed by atoms with E-state index in [1.165, 1.54) is 12.1 Å². The number of hydrogen-bond acceptors (Lipinski definition) is 5. The molecule has 0 aliphatic heterocycles. The first-order valence-corrected chi connectivity index (χ1v) is 12.4. The maximum atomic E-state index is 12.5. The number of carbonyl (C=O) groups is 2. The Morgan fingerprint density at radius 3 is 2.39 bits per heavy atom. The van der Waals surface area contributed by atoms with Crippen molar-refractivity contribution in [2.45, 2.75) is 12.5 Å². The molecule has 4 aromatic rings. The highest BCUT2D eigenvalue weighted by Crippen LogP contribution is 2.27. The zero-order valence-corrected chi connectivity index (χ0v) is 21.2. The van der Waals surface area contributed by atoms with Crippen LogP contribution in [0.15, 0.2) is 97.1 Å². The van der Waals surface area contributed by atoms with Gasteiger partial charge in [0.05, 0.1) is 11.7 Å². The van der Waals surface area contributed by atoms with E-state index in [9.17, 15) is 19.8 Å². The summed E-state index contributed by atoms with van der Waals surface area (Å²) < 4.78 is 5.96. The summed E-state index contributed by atoms with van der Waals surface area (Å²) in [6, 6.07) is 27.6. The van der Waals surface area contributed by atoms with Crippen molar-refractivity contribution in [3.05, 3.63) is 124 Å². The molecule has 0 spiro atoms. The molecule has 4 rings (SSSR count). The van der Waals surface area contributed by atoms with Gasteiger partial charge in [-0.1, -0.05) is 54.1 Å². The van der Waals surface area contributed by atoms with Crippen LogP contribution in [0, 0.1) is 0 Å². The summed E-state index contributed by atoms with van der Waals surface area (Å²) in [4.78, 5) is 24.2. The van der Waals surface area contributed by atoms with Gasteiger partial charge >= 0.3 is 5.97 Å². The van der Waals surface area contributed by atoms with Gasteiger partial charge in [-0.3, -0.25) is 4.79 Å². The van der Waals surface area contributed by atoms with Crippen LogP contribution in [-0.2, 0) is 6.42 Å². The quantitative estimate of drug-likeness (QED) is 0.178. The highest BCUT2D eigenvalue weighted by molar-refractivity contribution is 6.30. The summed E-state index contributed by atoms with van der Waals surface area (Å²) in [5, 5.41) is 26.4. The van der Waals surface area contributed by atoms with E-state index >= 15 is 0 Å². The van der Waals surface area contributed by atoms with Crippen molar-refractivity contribution in [2.75, 3.05) is 18.4 Å². The fourth-order valence-corrected chi connectivity index (χ4v) is 4.05. The zero-order valence-electron chi connectivity index (χ0n) is 20.4. The maximum absolute atomic E-state index is 12.5. The van der Waals surface area contributed by atoms with Gasteiger partial charge in [-0.15, -0.1) is 0 Å². The molecule has 1 amide bonds. The smallest absolute Gasteiger partial charge is 0.335 e. The third-order valence-corrected chi connectivity index (χ3v) is 5.98. The Morgan fingerprint density at radius 2 is 1.63 bits per heavy atom. The van der Waals surface area contributed by atoms with E-state index in [1.807, 2.05) is 30.3 Å². The molecule has 0 heterocycles. The molecule has 4 N–H and O–H groups in total. The summed E-state index contributed by atoms with van der Waals surface area (Å²) in [7, 11) is 0. The van der Waals surface area contributed by atoms with Crippen LogP contribution >= 0.6 is 11.6 Å². The first-order chi connectivity index (χ1) is 18.4. The number of aliphatic hydroxyl groups is 1. The fourth-order valence-electron chi connectivity index (χ4n) is 3.85. The van der Waals surface area contributed by atoms with E-state index in [4.69, 9.17) is 16.3 Å². The van der Waals surface area contributed by atoms with Crippen LogP contribution < -0.4 is 15.4 Å². The van der Waals surface area contributed by atoms with Gasteiger partial charge in [-0.25, -0.2) is 4.79 Å². The van der Waals surface area contributed by atoms with E-state index in [0.29, 0.717) is 41.5 Å². The lowest BCUT2D eigenvalue weighted by atomic mass is 10.1. The Labute approximate surface area is 225 Å². The zero-order chi connectivity index (χ0) is 26.9. The topological polar surface area (TPSA) is 108 Å². The van der Waals surface area contributed by atoms with Crippen LogP contribution in [0.5, 0.6) is 11.5 Å². The second-order valence-electron chi connectivity index (χ2n) is 8.65. The molecule has 194 valence electrons. The lowest BCUT2D eigenvalue weighted by Gasteiger charge is -2.13. The van der Waals surface area contributed by atoms with Crippen molar-refractivity contribution >= 4 is 29.2 Å². The minimum Gasteiger partial charge on any atom is -0.478 e. The first-order valence-electron chi connectivity index (χ1n) is 12.0. The summed E-state index contributed by atoms with van der Waals surface area (Å²) in [5.74, 6) is -0.669. The number of carbonyl (C=O) groups excluding carboxylic acids is 1. The maximum Gasteiger partial charge on any atom is 0.335 e. The van der Waals surface area contributed by atoms with Crippen molar-refractivity contribution < 1.29 is 24.5 Å². The molecular weight excluding hydrogens is 504 g/mol. The van der Waals surface area contributed by atoms with Gasteiger partial charge in [0.2, 0.25) is 0 Å². The lowest BCUT2D eigenvalue weighted by Crippen LogP contribution is -2.23. The molecule has 4 aromatic carbocycles. The van der Waals surface area contributed by atoms with Gasteiger partial charge in [0.15, 0.2) is 0 Å². The first kappa shape index (κ1) is 26.9. The van der Waals surface area contributed by atoms with Gasteiger partial charge in [-0.2, -0.15) is 0 Å². The van der Waals surface area contributed by atoms with Gasteiger partial charge in [-0.05, 0) is 72.6 Å². The Bertz CT molecular complexity index is 1410. The molecule has 0 aliphatic carbocycles. The number of hydrogen-bond donors (Lipinski definition) is 4. The highest BCUT2D eigenvalue weighted by Gasteiger charge is 2.12. The number of benzene rings is 4. The molecular formula is C30H27ClN2O5. The lowest BCUT2D eigenvalue weighted by molar-refractivity contribution is 0.0696. The molecule has 8 heteroatoms. The van der Waals surface area contributed by atoms with E-state index in [0.717, 1.165) is 11.1 Å². The van der Waals surface area contributed by atoms with Crippen molar-refractivity contribution in [2.24, 2.45) is 0 Å². The van der Waals surface area contributed by atoms with Gasteiger partial charge in [0, 0.05) is 28.9 Å². The van der Waals surface area contributed by atoms with Crippen LogP contribution in [0.1, 0.15) is 37.9 Å². The molecule has 38 heavy (non-hydrogen) atoms. The summed E-state index contributed by atoms with van der Waals surface area (Å²) in [6.45, 7) is 1.02. The Kier molecular flexibility index (Phi) is 9.11. The average Bonchev–Trinajstić information content (AvgIpc) is 2.91. The predicted molar refractivity (Wildman–Crippen MR) is 147 cm³/mol. The van der Waals surface area contributed by atoms with E-state index in [1.54, 1.807) is 54.6 Å². The number of rotatable bonds is 11. The minimum absolute atomic E-state index is 0.00974. The van der Waals surface area contributed by atoms with Crippen LogP contribution in [0.2, 0.25) is 5.02 Å². The molecule has 0 aliphatic rings. The Morgan fingerprint density at radius 1 is 0.842 bits per heavy atom. The molecule has 7 nitrogen and oxygen atoms in total. The fraction of sp³-hybridized carbons (Fsp3) is 0.133. The normalized spacial score (nSPS) is 11.5. The third-order valence-electron chi connectivity index (χ3n) is 5.74. The third kappa shape index (κ3) is 7.66. The Hall–Kier alpha value is -4.17. The molecule has 1 atom stereocenters. The molecule has 0 bridgehead atoms. The summed E-state index contributed by atoms with van der Waals surface area (Å²) in [5.41, 5.74) is 2.51. The second-order valence-corrected chi connectivity index (χ2v) is 9.08. The number of ether oxygens (including phenoxy) is 1. The monoisotopic (exact) mass is 530 g/mol. The largest absolute Gasteiger partial charge is 0.478 e. The van der Waals surface area contributed by atoms with Gasteiger partial charge < -0.3 is 25.6 Å². The highest BCUT2D eigenvalue weighted by atomic mass is 35.5. The SMILES string of the molecule is O=C(O)c1cc(NC(=O)c2ccccc2)cc(Oc2cccc(CCNC[C@H](O)c3cccc(Cl)c3)c2)c1. The van der Waals surface area contributed by atoms with Crippen molar-refractivity contribution in [1.29, 1.82) is 0 Å². The number of aromatic carboxylic acids is 1. The van der Waals surface area contributed by atoms with E-state index < -0.39 is 12.1 Å².